The SMILES string of the molecule is Cn1ncc(CNc2ccc([N+](=O)[O-])c(C#N)n2)c1N. The van der Waals surface area contributed by atoms with Crippen molar-refractivity contribution in [1.29, 1.82) is 5.26 Å². The number of nitrogen functional groups attached to an aromatic ring is 1. The second-order valence-electron chi connectivity index (χ2n) is 3.97. The van der Waals surface area contributed by atoms with Crippen LogP contribution in [-0.2, 0) is 13.6 Å². The Morgan fingerprint density at radius 2 is 2.35 bits per heavy atom. The van der Waals surface area contributed by atoms with Crippen molar-refractivity contribution in [2.45, 2.75) is 6.54 Å². The lowest BCUT2D eigenvalue weighted by Crippen LogP contribution is -2.06. The van der Waals surface area contributed by atoms with Crippen molar-refractivity contribution in [3.05, 3.63) is 39.7 Å². The summed E-state index contributed by atoms with van der Waals surface area (Å²) in [5, 5.41) is 26.5. The fourth-order valence-corrected chi connectivity index (χ4v) is 1.59. The van der Waals surface area contributed by atoms with Crippen molar-refractivity contribution in [3.8, 4) is 6.07 Å². The fourth-order valence-electron chi connectivity index (χ4n) is 1.59. The summed E-state index contributed by atoms with van der Waals surface area (Å²) in [5.74, 6) is 0.871. The predicted molar refractivity (Wildman–Crippen MR) is 70.6 cm³/mol. The van der Waals surface area contributed by atoms with Crippen molar-refractivity contribution in [1.82, 2.24) is 14.8 Å². The monoisotopic (exact) mass is 273 g/mol. The van der Waals surface area contributed by atoms with Gasteiger partial charge in [-0.1, -0.05) is 0 Å². The third-order valence-electron chi connectivity index (χ3n) is 2.70. The first-order valence-corrected chi connectivity index (χ1v) is 5.58. The number of anilines is 2. The van der Waals surface area contributed by atoms with Gasteiger partial charge in [0.25, 0.3) is 0 Å². The number of rotatable bonds is 4. The minimum absolute atomic E-state index is 0.237. The van der Waals surface area contributed by atoms with Crippen LogP contribution in [0.4, 0.5) is 17.3 Å². The summed E-state index contributed by atoms with van der Waals surface area (Å²) in [6.07, 6.45) is 1.61. The second-order valence-corrected chi connectivity index (χ2v) is 3.97. The van der Waals surface area contributed by atoms with Crippen molar-refractivity contribution >= 4 is 17.3 Å². The standard InChI is InChI=1S/C11H11N7O2/c1-17-11(13)7(6-15-17)5-14-10-3-2-9(18(19)20)8(4-12)16-10/h2-3,6H,5,13H2,1H3,(H,14,16). The first-order chi connectivity index (χ1) is 9.52. The normalized spacial score (nSPS) is 10.0. The molecule has 0 atom stereocenters. The van der Waals surface area contributed by atoms with Gasteiger partial charge in [-0.05, 0) is 6.07 Å². The Bertz CT molecular complexity index is 701. The van der Waals surface area contributed by atoms with Crippen LogP contribution < -0.4 is 11.1 Å². The largest absolute Gasteiger partial charge is 0.384 e. The van der Waals surface area contributed by atoms with Crippen molar-refractivity contribution in [2.75, 3.05) is 11.1 Å². The molecule has 2 aromatic rings. The van der Waals surface area contributed by atoms with Crippen LogP contribution in [0.3, 0.4) is 0 Å². The fraction of sp³-hybridized carbons (Fsp3) is 0.182. The molecule has 20 heavy (non-hydrogen) atoms. The lowest BCUT2D eigenvalue weighted by atomic mass is 10.3. The summed E-state index contributed by atoms with van der Waals surface area (Å²) >= 11 is 0. The molecule has 3 N–H and O–H groups in total. The van der Waals surface area contributed by atoms with Crippen molar-refractivity contribution in [2.24, 2.45) is 7.05 Å². The highest BCUT2D eigenvalue weighted by Crippen LogP contribution is 2.19. The Labute approximate surface area is 113 Å². The third kappa shape index (κ3) is 2.49. The first-order valence-electron chi connectivity index (χ1n) is 5.58. The van der Waals surface area contributed by atoms with Gasteiger partial charge in [0.1, 0.15) is 17.7 Å². The zero-order chi connectivity index (χ0) is 14.7. The molecule has 0 saturated carbocycles. The summed E-state index contributed by atoms with van der Waals surface area (Å²) in [6, 6.07) is 4.37. The van der Waals surface area contributed by atoms with Gasteiger partial charge in [-0.25, -0.2) is 4.98 Å². The van der Waals surface area contributed by atoms with E-state index in [4.69, 9.17) is 11.0 Å². The van der Waals surface area contributed by atoms with Gasteiger partial charge in [-0.15, -0.1) is 0 Å². The number of hydrogen-bond acceptors (Lipinski definition) is 7. The van der Waals surface area contributed by atoms with E-state index in [1.54, 1.807) is 19.3 Å². The van der Waals surface area contributed by atoms with Gasteiger partial charge in [-0.3, -0.25) is 14.8 Å². The minimum atomic E-state index is -0.644. The van der Waals surface area contributed by atoms with Gasteiger partial charge in [0.2, 0.25) is 5.69 Å². The number of nitrogens with one attached hydrogen (secondary N) is 1. The smallest absolute Gasteiger partial charge is 0.305 e. The zero-order valence-electron chi connectivity index (χ0n) is 10.6. The maximum absolute atomic E-state index is 10.7. The van der Waals surface area contributed by atoms with Crippen LogP contribution in [0.1, 0.15) is 11.3 Å². The van der Waals surface area contributed by atoms with Crippen LogP contribution in [0.15, 0.2) is 18.3 Å². The predicted octanol–water partition coefficient (Wildman–Crippen LogP) is 0.789. The van der Waals surface area contributed by atoms with E-state index in [9.17, 15) is 10.1 Å². The molecule has 0 spiro atoms. The van der Waals surface area contributed by atoms with Crippen molar-refractivity contribution < 1.29 is 4.92 Å². The van der Waals surface area contributed by atoms with E-state index in [-0.39, 0.29) is 11.4 Å². The number of nitrogens with two attached hydrogens (primary N) is 1. The highest BCUT2D eigenvalue weighted by atomic mass is 16.6. The van der Waals surface area contributed by atoms with Gasteiger partial charge in [0.15, 0.2) is 0 Å². The quantitative estimate of drug-likeness (QED) is 0.620. The average Bonchev–Trinajstić information content (AvgIpc) is 2.76. The zero-order valence-corrected chi connectivity index (χ0v) is 10.6. The molecule has 0 aliphatic carbocycles. The lowest BCUT2D eigenvalue weighted by molar-refractivity contribution is -0.385. The van der Waals surface area contributed by atoms with Gasteiger partial charge >= 0.3 is 5.69 Å². The molecule has 0 aliphatic heterocycles. The molecular weight excluding hydrogens is 262 g/mol. The summed E-state index contributed by atoms with van der Waals surface area (Å²) < 4.78 is 1.53. The number of nitro groups is 1. The molecule has 2 aromatic heterocycles. The van der Waals surface area contributed by atoms with E-state index in [1.165, 1.54) is 16.8 Å². The van der Waals surface area contributed by atoms with Gasteiger partial charge in [0.05, 0.1) is 11.1 Å². The maximum atomic E-state index is 10.7. The topological polar surface area (TPSA) is 136 Å². The Morgan fingerprint density at radius 1 is 1.60 bits per heavy atom. The number of aryl methyl sites for hydroxylation is 1. The van der Waals surface area contributed by atoms with Crippen LogP contribution in [0.5, 0.6) is 0 Å². The number of pyridine rings is 1. The molecule has 0 aromatic carbocycles. The summed E-state index contributed by atoms with van der Waals surface area (Å²) in [4.78, 5) is 13.9. The number of nitrogens with zero attached hydrogens (tertiary/aromatic N) is 5. The van der Waals surface area contributed by atoms with Crippen LogP contribution in [-0.4, -0.2) is 19.7 Å². The molecule has 0 unspecified atom stereocenters. The number of nitriles is 1. The molecule has 0 fully saturated rings. The molecule has 0 radical (unpaired) electrons. The van der Waals surface area contributed by atoms with E-state index in [2.05, 4.69) is 15.4 Å². The first kappa shape index (κ1) is 13.3. The number of aromatic nitrogens is 3. The second kappa shape index (κ2) is 5.23. The molecule has 0 aliphatic rings. The minimum Gasteiger partial charge on any atom is -0.384 e. The third-order valence-corrected chi connectivity index (χ3v) is 2.70. The van der Waals surface area contributed by atoms with E-state index in [0.717, 1.165) is 5.56 Å². The molecule has 2 rings (SSSR count). The van der Waals surface area contributed by atoms with Gasteiger partial charge in [-0.2, -0.15) is 10.4 Å². The van der Waals surface area contributed by atoms with Gasteiger partial charge in [0, 0.05) is 25.2 Å². The molecule has 102 valence electrons. The molecule has 2 heterocycles. The van der Waals surface area contributed by atoms with E-state index >= 15 is 0 Å². The average molecular weight is 273 g/mol. The summed E-state index contributed by atoms with van der Waals surface area (Å²) in [5.41, 5.74) is 6.00. The Morgan fingerprint density at radius 3 is 2.90 bits per heavy atom. The maximum Gasteiger partial charge on any atom is 0.305 e. The van der Waals surface area contributed by atoms with E-state index in [0.29, 0.717) is 18.2 Å². The highest BCUT2D eigenvalue weighted by Gasteiger charge is 2.15. The van der Waals surface area contributed by atoms with Crippen LogP contribution in [0, 0.1) is 21.4 Å². The summed E-state index contributed by atoms with van der Waals surface area (Å²) in [7, 11) is 1.72. The van der Waals surface area contributed by atoms with E-state index < -0.39 is 4.92 Å². The molecule has 0 bridgehead atoms. The highest BCUT2D eigenvalue weighted by molar-refractivity contribution is 5.51. The van der Waals surface area contributed by atoms with Crippen LogP contribution in [0.25, 0.3) is 0 Å². The van der Waals surface area contributed by atoms with Crippen LogP contribution >= 0.6 is 0 Å². The van der Waals surface area contributed by atoms with Crippen molar-refractivity contribution in [3.63, 3.8) is 0 Å². The Kier molecular flexibility index (Phi) is 3.47. The summed E-state index contributed by atoms with van der Waals surface area (Å²) in [6.45, 7) is 0.357. The molecule has 0 amide bonds. The lowest BCUT2D eigenvalue weighted by Gasteiger charge is -2.05. The van der Waals surface area contributed by atoms with Gasteiger partial charge < -0.3 is 11.1 Å². The van der Waals surface area contributed by atoms with Crippen LogP contribution in [0.2, 0.25) is 0 Å². The van der Waals surface area contributed by atoms with E-state index in [1.807, 2.05) is 0 Å². The Hall–Kier alpha value is -3.15. The molecule has 0 saturated heterocycles. The molecular formula is C11H11N7O2. The molecule has 9 nitrogen and oxygen atoms in total. The Balaban J connectivity index is 2.17. The molecule has 9 heteroatoms. The number of hydrogen-bond donors (Lipinski definition) is 2.